The topological polar surface area (TPSA) is 76.7 Å². The summed E-state index contributed by atoms with van der Waals surface area (Å²) in [4.78, 5) is 10.3. The number of amides is 2. The van der Waals surface area contributed by atoms with E-state index in [0.29, 0.717) is 5.92 Å². The third kappa shape index (κ3) is 1.16. The molecule has 1 saturated heterocycles. The number of fused-ring (bicyclic) bond motifs is 1. The summed E-state index contributed by atoms with van der Waals surface area (Å²) in [6.07, 6.45) is 2.20. The van der Waals surface area contributed by atoms with Crippen molar-refractivity contribution in [1.29, 1.82) is 0 Å². The number of ether oxygens (including phenoxy) is 1. The molecule has 2 fully saturated rings. The van der Waals surface area contributed by atoms with Gasteiger partial charge in [0, 0.05) is 6.61 Å². The van der Waals surface area contributed by atoms with Crippen LogP contribution in [0.5, 0.6) is 0 Å². The summed E-state index contributed by atoms with van der Waals surface area (Å²) in [5.41, 5.74) is 7.98. The second-order valence-electron chi connectivity index (χ2n) is 3.12. The van der Waals surface area contributed by atoms with Crippen LogP contribution >= 0.6 is 0 Å². The number of carbonyl (C=O) groups is 1. The Balaban J connectivity index is 1.91. The van der Waals surface area contributed by atoms with Crippen LogP contribution in [0.3, 0.4) is 0 Å². The number of nitrogens with one attached hydrogen (secondary N) is 1. The predicted octanol–water partition coefficient (Wildman–Crippen LogP) is -0.181. The summed E-state index contributed by atoms with van der Waals surface area (Å²) in [6.45, 7) is 0.810. The van der Waals surface area contributed by atoms with Crippen LogP contribution in [0.15, 0.2) is 5.10 Å². The minimum absolute atomic E-state index is 0.150. The van der Waals surface area contributed by atoms with Gasteiger partial charge in [-0.1, -0.05) is 0 Å². The number of carbonyl (C=O) groups excluding carboxylic acids is 1. The first-order valence-corrected chi connectivity index (χ1v) is 4.01. The molecule has 0 aromatic heterocycles. The van der Waals surface area contributed by atoms with Gasteiger partial charge in [-0.05, 0) is 18.8 Å². The molecular formula is C7H11N3O2. The molecule has 0 radical (unpaired) electrons. The zero-order chi connectivity index (χ0) is 8.55. The molecule has 12 heavy (non-hydrogen) atoms. The number of hydrogen-bond donors (Lipinski definition) is 2. The Morgan fingerprint density at radius 1 is 1.75 bits per heavy atom. The van der Waals surface area contributed by atoms with E-state index in [4.69, 9.17) is 10.5 Å². The molecule has 0 spiro atoms. The number of hydrazone groups is 1. The Morgan fingerprint density at radius 2 is 2.58 bits per heavy atom. The van der Waals surface area contributed by atoms with Gasteiger partial charge < -0.3 is 10.5 Å². The van der Waals surface area contributed by atoms with E-state index in [0.717, 1.165) is 25.2 Å². The average Bonchev–Trinajstić information content (AvgIpc) is 2.32. The maximum Gasteiger partial charge on any atom is 0.332 e. The molecule has 1 aliphatic heterocycles. The number of hydrogen-bond acceptors (Lipinski definition) is 3. The third-order valence-corrected chi connectivity index (χ3v) is 2.32. The fourth-order valence-corrected chi connectivity index (χ4v) is 1.67. The summed E-state index contributed by atoms with van der Waals surface area (Å²) >= 11 is 0. The van der Waals surface area contributed by atoms with Crippen LogP contribution in [-0.4, -0.2) is 24.5 Å². The van der Waals surface area contributed by atoms with Gasteiger partial charge in [-0.15, -0.1) is 0 Å². The molecule has 0 aromatic rings. The molecule has 2 amide bonds. The highest BCUT2D eigenvalue weighted by molar-refractivity contribution is 5.95. The summed E-state index contributed by atoms with van der Waals surface area (Å²) in [5.74, 6) is 0.624. The Morgan fingerprint density at radius 3 is 3.25 bits per heavy atom. The molecule has 0 aromatic carbocycles. The van der Waals surface area contributed by atoms with E-state index in [9.17, 15) is 4.79 Å². The summed E-state index contributed by atoms with van der Waals surface area (Å²) in [5, 5.41) is 3.84. The predicted molar refractivity (Wildman–Crippen MR) is 42.6 cm³/mol. The zero-order valence-corrected chi connectivity index (χ0v) is 6.62. The van der Waals surface area contributed by atoms with Gasteiger partial charge in [-0.2, -0.15) is 5.10 Å². The van der Waals surface area contributed by atoms with Crippen molar-refractivity contribution < 1.29 is 9.53 Å². The lowest BCUT2D eigenvalue weighted by Gasteiger charge is -2.30. The summed E-state index contributed by atoms with van der Waals surface area (Å²) in [6, 6.07) is -0.621. The molecular weight excluding hydrogens is 158 g/mol. The molecule has 5 nitrogen and oxygen atoms in total. The highest BCUT2D eigenvalue weighted by Crippen LogP contribution is 2.35. The van der Waals surface area contributed by atoms with Gasteiger partial charge in [-0.25, -0.2) is 10.2 Å². The lowest BCUT2D eigenvalue weighted by molar-refractivity contribution is 0.122. The first-order chi connectivity index (χ1) is 5.77. The maximum absolute atomic E-state index is 10.3. The fourth-order valence-electron chi connectivity index (χ4n) is 1.67. The Bertz CT molecular complexity index is 239. The molecule has 2 atom stereocenters. The normalized spacial score (nSPS) is 35.8. The van der Waals surface area contributed by atoms with Gasteiger partial charge in [0.15, 0.2) is 0 Å². The molecule has 2 rings (SSSR count). The quantitative estimate of drug-likeness (QED) is 0.534. The van der Waals surface area contributed by atoms with Crippen molar-refractivity contribution >= 4 is 11.7 Å². The van der Waals surface area contributed by atoms with E-state index in [1.807, 2.05) is 0 Å². The first-order valence-electron chi connectivity index (χ1n) is 4.01. The van der Waals surface area contributed by atoms with E-state index in [2.05, 4.69) is 10.5 Å². The molecule has 5 heteroatoms. The van der Waals surface area contributed by atoms with Crippen LogP contribution in [0, 0.1) is 5.92 Å². The molecule has 1 heterocycles. The van der Waals surface area contributed by atoms with Crippen molar-refractivity contribution in [2.24, 2.45) is 16.8 Å². The van der Waals surface area contributed by atoms with Crippen molar-refractivity contribution in [2.45, 2.75) is 18.9 Å². The second kappa shape index (κ2) is 2.75. The van der Waals surface area contributed by atoms with Crippen molar-refractivity contribution in [3.63, 3.8) is 0 Å². The van der Waals surface area contributed by atoms with E-state index in [1.54, 1.807) is 0 Å². The number of nitrogens with zero attached hydrogens (tertiary/aromatic N) is 1. The number of rotatable bonds is 1. The zero-order valence-electron chi connectivity index (χ0n) is 6.62. The van der Waals surface area contributed by atoms with Crippen LogP contribution in [0.4, 0.5) is 4.79 Å². The van der Waals surface area contributed by atoms with Crippen LogP contribution in [0.1, 0.15) is 12.8 Å². The smallest absolute Gasteiger partial charge is 0.332 e. The van der Waals surface area contributed by atoms with E-state index < -0.39 is 6.03 Å². The number of nitrogens with two attached hydrogens (primary N) is 1. The van der Waals surface area contributed by atoms with E-state index >= 15 is 0 Å². The molecule has 66 valence electrons. The Hall–Kier alpha value is -1.10. The summed E-state index contributed by atoms with van der Waals surface area (Å²) in [7, 11) is 0. The van der Waals surface area contributed by atoms with Gasteiger partial charge in [0.1, 0.15) is 6.10 Å². The van der Waals surface area contributed by atoms with Crippen LogP contribution in [-0.2, 0) is 4.74 Å². The minimum Gasteiger partial charge on any atom is -0.372 e. The number of primary amides is 1. The first kappa shape index (κ1) is 7.54. The van der Waals surface area contributed by atoms with E-state index in [1.165, 1.54) is 0 Å². The van der Waals surface area contributed by atoms with Crippen molar-refractivity contribution in [3.8, 4) is 0 Å². The fraction of sp³-hybridized carbons (Fsp3) is 0.714. The van der Waals surface area contributed by atoms with Crippen molar-refractivity contribution in [1.82, 2.24) is 5.43 Å². The Kier molecular flexibility index (Phi) is 1.73. The van der Waals surface area contributed by atoms with Gasteiger partial charge in [0.25, 0.3) is 0 Å². The summed E-state index contributed by atoms with van der Waals surface area (Å²) < 4.78 is 5.37. The Labute approximate surface area is 69.9 Å². The SMILES string of the molecule is NC(=O)N/N=C1/CC2CCOC12. The molecule has 1 saturated carbocycles. The molecule has 2 unspecified atom stereocenters. The van der Waals surface area contributed by atoms with E-state index in [-0.39, 0.29) is 6.10 Å². The lowest BCUT2D eigenvalue weighted by Crippen LogP contribution is -2.41. The molecule has 1 aliphatic carbocycles. The van der Waals surface area contributed by atoms with Crippen molar-refractivity contribution in [2.75, 3.05) is 6.61 Å². The molecule has 2 aliphatic rings. The highest BCUT2D eigenvalue weighted by Gasteiger charge is 2.42. The standard InChI is InChI=1S/C7H11N3O2/c8-7(11)10-9-5-3-4-1-2-12-6(4)5/h4,6H,1-3H2,(H3,8,10,11)/b9-5-. The monoisotopic (exact) mass is 169 g/mol. The van der Waals surface area contributed by atoms with Crippen LogP contribution < -0.4 is 11.2 Å². The largest absolute Gasteiger partial charge is 0.372 e. The number of urea groups is 1. The van der Waals surface area contributed by atoms with Gasteiger partial charge in [0.05, 0.1) is 5.71 Å². The molecule has 0 bridgehead atoms. The second-order valence-corrected chi connectivity index (χ2v) is 3.12. The minimum atomic E-state index is -0.621. The van der Waals surface area contributed by atoms with Crippen LogP contribution in [0.25, 0.3) is 0 Å². The van der Waals surface area contributed by atoms with Gasteiger partial charge in [-0.3, -0.25) is 0 Å². The van der Waals surface area contributed by atoms with Gasteiger partial charge in [0.2, 0.25) is 0 Å². The van der Waals surface area contributed by atoms with Crippen molar-refractivity contribution in [3.05, 3.63) is 0 Å². The van der Waals surface area contributed by atoms with Crippen LogP contribution in [0.2, 0.25) is 0 Å². The third-order valence-electron chi connectivity index (χ3n) is 2.32. The average molecular weight is 169 g/mol. The molecule has 3 N–H and O–H groups in total. The lowest BCUT2D eigenvalue weighted by atomic mass is 9.80. The van der Waals surface area contributed by atoms with Gasteiger partial charge >= 0.3 is 6.03 Å². The maximum atomic E-state index is 10.3. The highest BCUT2D eigenvalue weighted by atomic mass is 16.5.